The molecule has 0 bridgehead atoms. The first-order valence-electron chi connectivity index (χ1n) is 8.86. The molecule has 0 saturated carbocycles. The lowest BCUT2D eigenvalue weighted by molar-refractivity contribution is -0.00822. The van der Waals surface area contributed by atoms with Crippen LogP contribution in [0.25, 0.3) is 0 Å². The van der Waals surface area contributed by atoms with E-state index in [4.69, 9.17) is 9.47 Å². The van der Waals surface area contributed by atoms with E-state index in [0.717, 1.165) is 29.9 Å². The third kappa shape index (κ3) is 4.33. The van der Waals surface area contributed by atoms with Crippen LogP contribution in [0.4, 0.5) is 4.79 Å². The zero-order valence-corrected chi connectivity index (χ0v) is 16.9. The van der Waals surface area contributed by atoms with E-state index in [1.54, 1.807) is 10.3 Å². The Hall–Kier alpha value is -1.29. The fourth-order valence-corrected chi connectivity index (χ4v) is 4.22. The van der Waals surface area contributed by atoms with Gasteiger partial charge in [-0.2, -0.15) is 0 Å². The molecule has 3 heterocycles. The molecular weight excluding hydrogens is 356 g/mol. The standard InChI is InChI=1S/C17H28N4O4S/c1-11-14-7-20(8-15(14)21(19-11)26(5)23)13-6-12(9-24-10-13)18-16(22)25-17(2,3)4/h12-13H,6-10H2,1-5H3,(H,18,22). The minimum Gasteiger partial charge on any atom is -0.592 e. The van der Waals surface area contributed by atoms with Crippen LogP contribution in [0.15, 0.2) is 0 Å². The summed E-state index contributed by atoms with van der Waals surface area (Å²) in [5.41, 5.74) is 2.58. The molecule has 1 saturated heterocycles. The van der Waals surface area contributed by atoms with Gasteiger partial charge in [-0.3, -0.25) is 4.90 Å². The molecule has 0 aromatic carbocycles. The second-order valence-electron chi connectivity index (χ2n) is 7.98. The highest BCUT2D eigenvalue weighted by Gasteiger charge is 2.36. The zero-order chi connectivity index (χ0) is 19.1. The van der Waals surface area contributed by atoms with E-state index in [1.807, 2.05) is 27.7 Å². The van der Waals surface area contributed by atoms with Gasteiger partial charge in [0.1, 0.15) is 17.6 Å². The van der Waals surface area contributed by atoms with Crippen LogP contribution in [0.3, 0.4) is 0 Å². The molecule has 3 rings (SSSR count). The smallest absolute Gasteiger partial charge is 0.407 e. The summed E-state index contributed by atoms with van der Waals surface area (Å²) in [6.45, 7) is 10.1. The Balaban J connectivity index is 1.61. The Morgan fingerprint density at radius 3 is 2.77 bits per heavy atom. The van der Waals surface area contributed by atoms with Gasteiger partial charge in [0.2, 0.25) is 0 Å². The molecule has 2 aliphatic rings. The third-order valence-corrected chi connectivity index (χ3v) is 5.43. The van der Waals surface area contributed by atoms with Gasteiger partial charge in [-0.05, 0) is 34.1 Å². The highest BCUT2D eigenvalue weighted by Crippen LogP contribution is 2.30. The lowest BCUT2D eigenvalue weighted by Crippen LogP contribution is -2.50. The lowest BCUT2D eigenvalue weighted by atomic mass is 10.0. The molecule has 0 radical (unpaired) electrons. The summed E-state index contributed by atoms with van der Waals surface area (Å²) in [7, 11) is 0. The highest BCUT2D eigenvalue weighted by atomic mass is 32.2. The van der Waals surface area contributed by atoms with Crippen molar-refractivity contribution in [3.05, 3.63) is 17.0 Å². The van der Waals surface area contributed by atoms with Crippen LogP contribution in [0, 0.1) is 6.92 Å². The van der Waals surface area contributed by atoms with Gasteiger partial charge < -0.3 is 19.3 Å². The summed E-state index contributed by atoms with van der Waals surface area (Å²) < 4.78 is 24.6. The number of amides is 1. The van der Waals surface area contributed by atoms with Crippen molar-refractivity contribution in [3.63, 3.8) is 0 Å². The van der Waals surface area contributed by atoms with Gasteiger partial charge in [-0.15, -0.1) is 5.10 Å². The van der Waals surface area contributed by atoms with E-state index in [0.29, 0.717) is 19.8 Å². The molecular formula is C17H28N4O4S. The van der Waals surface area contributed by atoms with Crippen LogP contribution in [0.5, 0.6) is 0 Å². The molecule has 3 atom stereocenters. The van der Waals surface area contributed by atoms with Gasteiger partial charge in [-0.1, -0.05) is 4.09 Å². The van der Waals surface area contributed by atoms with Gasteiger partial charge in [-0.25, -0.2) is 4.79 Å². The Morgan fingerprint density at radius 2 is 2.12 bits per heavy atom. The number of hydrogen-bond donors (Lipinski definition) is 1. The summed E-state index contributed by atoms with van der Waals surface area (Å²) in [6, 6.07) is 0.111. The average Bonchev–Trinajstić information content (AvgIpc) is 3.06. The predicted molar refractivity (Wildman–Crippen MR) is 98.1 cm³/mol. The van der Waals surface area contributed by atoms with Crippen molar-refractivity contribution in [1.29, 1.82) is 0 Å². The number of aryl methyl sites for hydroxylation is 1. The number of carbonyl (C=O) groups excluding carboxylic acids is 1. The molecule has 8 nitrogen and oxygen atoms in total. The molecule has 146 valence electrons. The van der Waals surface area contributed by atoms with Crippen LogP contribution in [0.1, 0.15) is 44.1 Å². The normalized spacial score (nSPS) is 25.0. The van der Waals surface area contributed by atoms with Gasteiger partial charge in [0.05, 0.1) is 36.3 Å². The van der Waals surface area contributed by atoms with Crippen LogP contribution in [-0.4, -0.2) is 61.9 Å². The highest BCUT2D eigenvalue weighted by molar-refractivity contribution is 7.89. The number of alkyl carbamates (subject to hydrolysis) is 1. The van der Waals surface area contributed by atoms with Crippen molar-refractivity contribution in [2.75, 3.05) is 19.5 Å². The van der Waals surface area contributed by atoms with Gasteiger partial charge >= 0.3 is 6.09 Å². The molecule has 2 aliphatic heterocycles. The van der Waals surface area contributed by atoms with E-state index in [-0.39, 0.29) is 12.1 Å². The van der Waals surface area contributed by atoms with Crippen molar-refractivity contribution >= 4 is 17.5 Å². The number of hydrogen-bond acceptors (Lipinski definition) is 6. The Labute approximate surface area is 157 Å². The topological polar surface area (TPSA) is 91.7 Å². The number of aromatic nitrogens is 2. The van der Waals surface area contributed by atoms with Crippen molar-refractivity contribution < 1.29 is 18.8 Å². The number of ether oxygens (including phenoxy) is 2. The third-order valence-electron chi connectivity index (χ3n) is 4.64. The fraction of sp³-hybridized carbons (Fsp3) is 0.765. The van der Waals surface area contributed by atoms with Crippen molar-refractivity contribution in [3.8, 4) is 0 Å². The van der Waals surface area contributed by atoms with E-state index in [9.17, 15) is 9.35 Å². The maximum Gasteiger partial charge on any atom is 0.407 e. The van der Waals surface area contributed by atoms with Gasteiger partial charge in [0.15, 0.2) is 0 Å². The van der Waals surface area contributed by atoms with E-state index in [1.165, 1.54) is 0 Å². The molecule has 1 aromatic heterocycles. The largest absolute Gasteiger partial charge is 0.592 e. The lowest BCUT2D eigenvalue weighted by Gasteiger charge is -2.35. The Bertz CT molecular complexity index is 670. The van der Waals surface area contributed by atoms with Gasteiger partial charge in [0, 0.05) is 24.7 Å². The monoisotopic (exact) mass is 384 g/mol. The van der Waals surface area contributed by atoms with E-state index in [2.05, 4.69) is 15.3 Å². The van der Waals surface area contributed by atoms with Crippen molar-refractivity contribution in [2.24, 2.45) is 0 Å². The van der Waals surface area contributed by atoms with E-state index < -0.39 is 23.1 Å². The quantitative estimate of drug-likeness (QED) is 0.791. The minimum absolute atomic E-state index is 0.0785. The molecule has 0 spiro atoms. The van der Waals surface area contributed by atoms with E-state index >= 15 is 0 Å². The predicted octanol–water partition coefficient (Wildman–Crippen LogP) is 1.33. The van der Waals surface area contributed by atoms with Gasteiger partial charge in [0.25, 0.3) is 0 Å². The summed E-state index contributed by atoms with van der Waals surface area (Å²) in [5, 5.41) is 7.29. The molecule has 1 amide bonds. The second-order valence-corrected chi connectivity index (χ2v) is 9.18. The Kier molecular flexibility index (Phi) is 5.53. The summed E-state index contributed by atoms with van der Waals surface area (Å²) in [4.78, 5) is 14.3. The summed E-state index contributed by atoms with van der Waals surface area (Å²) in [5.74, 6) is 0. The number of nitrogens with one attached hydrogen (secondary N) is 1. The maximum atomic E-state index is 12.0. The first-order chi connectivity index (χ1) is 12.1. The minimum atomic E-state index is -1.16. The molecule has 1 fully saturated rings. The molecule has 9 heteroatoms. The van der Waals surface area contributed by atoms with Crippen LogP contribution >= 0.6 is 0 Å². The number of fused-ring (bicyclic) bond motifs is 1. The fourth-order valence-electron chi connectivity index (χ4n) is 3.51. The first kappa shape index (κ1) is 19.5. The van der Waals surface area contributed by atoms with Crippen LogP contribution in [-0.2, 0) is 33.9 Å². The van der Waals surface area contributed by atoms with Crippen LogP contribution < -0.4 is 5.32 Å². The maximum absolute atomic E-state index is 12.0. The molecule has 0 aliphatic carbocycles. The number of nitrogens with zero attached hydrogens (tertiary/aromatic N) is 3. The molecule has 26 heavy (non-hydrogen) atoms. The number of rotatable bonds is 3. The van der Waals surface area contributed by atoms with Crippen molar-refractivity contribution in [1.82, 2.24) is 19.4 Å². The van der Waals surface area contributed by atoms with Crippen molar-refractivity contribution in [2.45, 2.75) is 64.9 Å². The SMILES string of the molecule is Cc1nn([S+](C)[O-])c2c1CN(C1COCC(NC(=O)OC(C)(C)C)C1)C2. The number of carbonyl (C=O) groups is 1. The average molecular weight is 385 g/mol. The summed E-state index contributed by atoms with van der Waals surface area (Å²) >= 11 is -1.16. The summed E-state index contributed by atoms with van der Waals surface area (Å²) in [6.07, 6.45) is 2.02. The zero-order valence-electron chi connectivity index (χ0n) is 16.1. The molecule has 1 aromatic rings. The van der Waals surface area contributed by atoms with Crippen LogP contribution in [0.2, 0.25) is 0 Å². The molecule has 3 unspecified atom stereocenters. The first-order valence-corrected chi connectivity index (χ1v) is 10.4. The molecule has 1 N–H and O–H groups in total. The second kappa shape index (κ2) is 7.38. The Morgan fingerprint density at radius 1 is 1.38 bits per heavy atom.